The highest BCUT2D eigenvalue weighted by molar-refractivity contribution is 7.71. The molecule has 0 bridgehead atoms. The number of benzene rings is 1. The number of nitrogens with zero attached hydrogens (tertiary/aromatic N) is 2. The first-order valence-electron chi connectivity index (χ1n) is 6.01. The molecule has 1 aromatic carbocycles. The van der Waals surface area contributed by atoms with Crippen LogP contribution < -0.4 is 5.32 Å². The number of hydrogen-bond acceptors (Lipinski definition) is 3. The van der Waals surface area contributed by atoms with Gasteiger partial charge in [0, 0.05) is 12.1 Å². The van der Waals surface area contributed by atoms with Gasteiger partial charge in [0.1, 0.15) is 0 Å². The topological polar surface area (TPSA) is 62.7 Å². The Bertz CT molecular complexity index is 738. The van der Waals surface area contributed by atoms with Crippen molar-refractivity contribution < 1.29 is 4.79 Å². The van der Waals surface area contributed by atoms with Gasteiger partial charge in [0.2, 0.25) is 0 Å². The summed E-state index contributed by atoms with van der Waals surface area (Å²) in [5.41, 5.74) is 0.425. The van der Waals surface area contributed by atoms with Crippen molar-refractivity contribution in [2.24, 2.45) is 0 Å². The summed E-state index contributed by atoms with van der Waals surface area (Å²) in [5, 5.41) is 10.2. The second-order valence-corrected chi connectivity index (χ2v) is 5.36. The highest BCUT2D eigenvalue weighted by atomic mass is 35.5. The zero-order valence-electron chi connectivity index (χ0n) is 10.9. The van der Waals surface area contributed by atoms with Crippen molar-refractivity contribution in [3.05, 3.63) is 57.1 Å². The van der Waals surface area contributed by atoms with E-state index in [0.717, 1.165) is 0 Å². The van der Waals surface area contributed by atoms with E-state index in [1.54, 1.807) is 22.8 Å². The Balaban J connectivity index is 2.09. The van der Waals surface area contributed by atoms with Gasteiger partial charge in [-0.15, -0.1) is 6.58 Å². The highest BCUT2D eigenvalue weighted by Crippen LogP contribution is 2.22. The summed E-state index contributed by atoms with van der Waals surface area (Å²) in [5.74, 6) is 0.348. The lowest BCUT2D eigenvalue weighted by atomic mass is 10.2. The van der Waals surface area contributed by atoms with Gasteiger partial charge in [-0.2, -0.15) is 5.10 Å². The minimum Gasteiger partial charge on any atom is -0.345 e. The third-order valence-corrected chi connectivity index (χ3v) is 3.79. The molecule has 0 saturated carbocycles. The number of carbonyl (C=O) groups is 1. The van der Waals surface area contributed by atoms with Crippen molar-refractivity contribution in [2.45, 2.75) is 13.1 Å². The summed E-state index contributed by atoms with van der Waals surface area (Å²) < 4.78 is 2.23. The summed E-state index contributed by atoms with van der Waals surface area (Å²) in [4.78, 5) is 12.1. The van der Waals surface area contributed by atoms with E-state index in [0.29, 0.717) is 32.7 Å². The molecule has 5 nitrogen and oxygen atoms in total. The number of amides is 1. The number of allylic oxidation sites excluding steroid dienone is 1. The van der Waals surface area contributed by atoms with Crippen molar-refractivity contribution in [2.75, 3.05) is 0 Å². The molecule has 0 saturated heterocycles. The molecule has 1 heterocycles. The first-order valence-corrected chi connectivity index (χ1v) is 7.17. The zero-order chi connectivity index (χ0) is 15.4. The largest absolute Gasteiger partial charge is 0.345 e. The van der Waals surface area contributed by atoms with Gasteiger partial charge in [0.15, 0.2) is 10.6 Å². The lowest BCUT2D eigenvalue weighted by Crippen LogP contribution is -2.24. The molecule has 0 aliphatic carbocycles. The first-order chi connectivity index (χ1) is 10.0. The molecule has 2 aromatic rings. The van der Waals surface area contributed by atoms with Crippen molar-refractivity contribution in [1.82, 2.24) is 20.1 Å². The minimum absolute atomic E-state index is 0.236. The van der Waals surface area contributed by atoms with Crippen LogP contribution in [0.25, 0.3) is 0 Å². The smallest absolute Gasteiger partial charge is 0.251 e. The lowest BCUT2D eigenvalue weighted by Gasteiger charge is -2.07. The fourth-order valence-corrected chi connectivity index (χ4v) is 2.23. The van der Waals surface area contributed by atoms with E-state index in [1.165, 1.54) is 6.07 Å². The van der Waals surface area contributed by atoms with E-state index in [2.05, 4.69) is 22.1 Å². The van der Waals surface area contributed by atoms with Gasteiger partial charge in [-0.3, -0.25) is 14.5 Å². The Morgan fingerprint density at radius 3 is 2.90 bits per heavy atom. The van der Waals surface area contributed by atoms with Crippen LogP contribution in [0.15, 0.2) is 30.9 Å². The molecule has 8 heteroatoms. The van der Waals surface area contributed by atoms with Crippen molar-refractivity contribution >= 4 is 41.3 Å². The van der Waals surface area contributed by atoms with E-state index >= 15 is 0 Å². The van der Waals surface area contributed by atoms with Crippen LogP contribution in [0.3, 0.4) is 0 Å². The van der Waals surface area contributed by atoms with Crippen LogP contribution in [0, 0.1) is 4.77 Å². The number of hydrogen-bond donors (Lipinski definition) is 2. The predicted molar refractivity (Wildman–Crippen MR) is 85.2 cm³/mol. The summed E-state index contributed by atoms with van der Waals surface area (Å²) in [6.07, 6.45) is 1.70. The van der Waals surface area contributed by atoms with Gasteiger partial charge < -0.3 is 5.32 Å². The quantitative estimate of drug-likeness (QED) is 0.646. The van der Waals surface area contributed by atoms with Crippen LogP contribution in [0.2, 0.25) is 10.0 Å². The zero-order valence-corrected chi connectivity index (χ0v) is 13.2. The number of H-pyrrole nitrogens is 1. The van der Waals surface area contributed by atoms with E-state index in [4.69, 9.17) is 35.4 Å². The van der Waals surface area contributed by atoms with Gasteiger partial charge in [-0.1, -0.05) is 29.3 Å². The van der Waals surface area contributed by atoms with Crippen molar-refractivity contribution in [1.29, 1.82) is 0 Å². The first kappa shape index (κ1) is 15.8. The maximum atomic E-state index is 12.1. The number of nitrogens with one attached hydrogen (secondary N) is 2. The third-order valence-electron chi connectivity index (χ3n) is 2.74. The average molecular weight is 343 g/mol. The van der Waals surface area contributed by atoms with Gasteiger partial charge >= 0.3 is 0 Å². The van der Waals surface area contributed by atoms with Crippen LogP contribution in [0.4, 0.5) is 0 Å². The molecule has 0 aliphatic rings. The second-order valence-electron chi connectivity index (χ2n) is 4.16. The molecular formula is C13H12Cl2N4OS. The molecule has 0 fully saturated rings. The van der Waals surface area contributed by atoms with Gasteiger partial charge in [0.05, 0.1) is 16.6 Å². The average Bonchev–Trinajstić information content (AvgIpc) is 2.81. The Labute approximate surface area is 136 Å². The number of aromatic nitrogens is 3. The molecule has 0 atom stereocenters. The highest BCUT2D eigenvalue weighted by Gasteiger charge is 2.10. The SMILES string of the molecule is C=CCn1c(CNC(=O)c2ccc(Cl)c(Cl)c2)n[nH]c1=S. The molecule has 2 rings (SSSR count). The Morgan fingerprint density at radius 1 is 1.48 bits per heavy atom. The molecule has 0 radical (unpaired) electrons. The summed E-state index contributed by atoms with van der Waals surface area (Å²) in [6, 6.07) is 4.69. The molecule has 0 unspecified atom stereocenters. The van der Waals surface area contributed by atoms with Gasteiger partial charge in [-0.05, 0) is 30.4 Å². The van der Waals surface area contributed by atoms with Gasteiger partial charge in [-0.25, -0.2) is 0 Å². The van der Waals surface area contributed by atoms with Crippen molar-refractivity contribution in [3.63, 3.8) is 0 Å². The molecular weight excluding hydrogens is 331 g/mol. The van der Waals surface area contributed by atoms with E-state index in [-0.39, 0.29) is 12.5 Å². The maximum absolute atomic E-state index is 12.1. The molecule has 0 aliphatic heterocycles. The Morgan fingerprint density at radius 2 is 2.24 bits per heavy atom. The maximum Gasteiger partial charge on any atom is 0.251 e. The molecule has 1 aromatic heterocycles. The molecule has 0 spiro atoms. The van der Waals surface area contributed by atoms with E-state index in [9.17, 15) is 4.79 Å². The van der Waals surface area contributed by atoms with Crippen LogP contribution in [0.5, 0.6) is 0 Å². The number of aromatic amines is 1. The standard InChI is InChI=1S/C13H12Cl2N4OS/c1-2-5-19-11(17-18-13(19)21)7-16-12(20)8-3-4-9(14)10(15)6-8/h2-4,6H,1,5,7H2,(H,16,20)(H,18,21). The van der Waals surface area contributed by atoms with Crippen LogP contribution in [-0.2, 0) is 13.1 Å². The second kappa shape index (κ2) is 6.89. The fraction of sp³-hybridized carbons (Fsp3) is 0.154. The Kier molecular flexibility index (Phi) is 5.17. The van der Waals surface area contributed by atoms with Crippen molar-refractivity contribution in [3.8, 4) is 0 Å². The normalized spacial score (nSPS) is 10.4. The number of carbonyl (C=O) groups excluding carboxylic acids is 1. The predicted octanol–water partition coefficient (Wildman–Crippen LogP) is 3.36. The molecule has 110 valence electrons. The van der Waals surface area contributed by atoms with E-state index in [1.807, 2.05) is 0 Å². The van der Waals surface area contributed by atoms with Gasteiger partial charge in [0.25, 0.3) is 5.91 Å². The van der Waals surface area contributed by atoms with Crippen LogP contribution >= 0.6 is 35.4 Å². The third kappa shape index (κ3) is 3.72. The summed E-state index contributed by atoms with van der Waals surface area (Å²) >= 11 is 16.8. The van der Waals surface area contributed by atoms with E-state index < -0.39 is 0 Å². The molecule has 21 heavy (non-hydrogen) atoms. The van der Waals surface area contributed by atoms with Crippen LogP contribution in [0.1, 0.15) is 16.2 Å². The monoisotopic (exact) mass is 342 g/mol. The summed E-state index contributed by atoms with van der Waals surface area (Å²) in [6.45, 7) is 4.41. The number of rotatable bonds is 5. The number of halogens is 2. The molecule has 2 N–H and O–H groups in total. The minimum atomic E-state index is -0.271. The van der Waals surface area contributed by atoms with Crippen LogP contribution in [-0.4, -0.2) is 20.7 Å². The summed E-state index contributed by atoms with van der Waals surface area (Å²) in [7, 11) is 0. The molecule has 1 amide bonds. The lowest BCUT2D eigenvalue weighted by molar-refractivity contribution is 0.0949. The fourth-order valence-electron chi connectivity index (χ4n) is 1.70. The Hall–Kier alpha value is -1.63.